The Hall–Kier alpha value is -3.10. The molecule has 0 atom stereocenters. The molecule has 9 nitrogen and oxygen atoms in total. The van der Waals surface area contributed by atoms with Crippen molar-refractivity contribution in [1.29, 1.82) is 0 Å². The lowest BCUT2D eigenvalue weighted by Crippen LogP contribution is -2.44. The Labute approximate surface area is 169 Å². The normalized spacial score (nSPS) is 17.3. The number of urea groups is 1. The highest BCUT2D eigenvalue weighted by Gasteiger charge is 2.51. The Morgan fingerprint density at radius 1 is 1.07 bits per heavy atom. The van der Waals surface area contributed by atoms with Gasteiger partial charge in [-0.1, -0.05) is 30.5 Å². The van der Waals surface area contributed by atoms with Gasteiger partial charge in [-0.05, 0) is 38.3 Å². The molecule has 1 aromatic carbocycles. The number of anilines is 1. The number of rotatable bonds is 7. The van der Waals surface area contributed by atoms with Crippen LogP contribution in [0.1, 0.15) is 44.1 Å². The lowest BCUT2D eigenvalue weighted by molar-refractivity contribution is -0.131. The molecule has 1 aromatic rings. The summed E-state index contributed by atoms with van der Waals surface area (Å²) in [5, 5.41) is 5.77. The average molecular weight is 401 g/mol. The first-order chi connectivity index (χ1) is 13.9. The summed E-state index contributed by atoms with van der Waals surface area (Å²) in [6.07, 6.45) is 3.64. The zero-order valence-corrected chi connectivity index (χ0v) is 16.5. The number of aryl methyl sites for hydroxylation is 1. The van der Waals surface area contributed by atoms with Crippen LogP contribution in [-0.4, -0.2) is 47.3 Å². The first kappa shape index (κ1) is 20.6. The minimum atomic E-state index is -0.724. The van der Waals surface area contributed by atoms with Gasteiger partial charge in [0.2, 0.25) is 5.91 Å². The van der Waals surface area contributed by atoms with E-state index in [0.29, 0.717) is 19.3 Å². The maximum absolute atomic E-state index is 12.5. The summed E-state index contributed by atoms with van der Waals surface area (Å²) < 4.78 is 0. The summed E-state index contributed by atoms with van der Waals surface area (Å²) in [4.78, 5) is 49.5. The third-order valence-electron chi connectivity index (χ3n) is 5.33. The molecule has 0 aromatic heterocycles. The molecule has 29 heavy (non-hydrogen) atoms. The summed E-state index contributed by atoms with van der Waals surface area (Å²) in [5.74, 6) is -0.941. The van der Waals surface area contributed by atoms with Crippen LogP contribution in [0.25, 0.3) is 0 Å². The maximum Gasteiger partial charge on any atom is 0.325 e. The molecule has 1 spiro atoms. The fraction of sp³-hybridized carbons (Fsp3) is 0.500. The standard InChI is InChI=1S/C20H27N5O4/c1-14-6-8-15(9-7-14)21-13-17(27)24-23-16(26)5-4-12-25-18(28)20(22-19(25)29)10-2-3-11-20/h6-9,21H,2-5,10-13H2,1H3,(H,22,29)(H,23,26)(H,24,27). The lowest BCUT2D eigenvalue weighted by Gasteiger charge is -2.19. The highest BCUT2D eigenvalue weighted by molar-refractivity contribution is 6.07. The SMILES string of the molecule is Cc1ccc(NCC(=O)NNC(=O)CCCN2C(=O)NC3(CCCC3)C2=O)cc1. The Kier molecular flexibility index (Phi) is 6.36. The van der Waals surface area contributed by atoms with E-state index < -0.39 is 5.54 Å². The van der Waals surface area contributed by atoms with Gasteiger partial charge in [-0.2, -0.15) is 0 Å². The molecule has 2 aliphatic rings. The molecular weight excluding hydrogens is 374 g/mol. The van der Waals surface area contributed by atoms with Crippen molar-refractivity contribution < 1.29 is 19.2 Å². The van der Waals surface area contributed by atoms with Crippen LogP contribution in [-0.2, 0) is 14.4 Å². The van der Waals surface area contributed by atoms with E-state index in [2.05, 4.69) is 21.5 Å². The third kappa shape index (κ3) is 5.04. The number of hydrazine groups is 1. The van der Waals surface area contributed by atoms with Gasteiger partial charge in [0.1, 0.15) is 5.54 Å². The molecule has 3 rings (SSSR count). The van der Waals surface area contributed by atoms with Crippen LogP contribution < -0.4 is 21.5 Å². The Morgan fingerprint density at radius 2 is 1.72 bits per heavy atom. The Balaban J connectivity index is 1.33. The third-order valence-corrected chi connectivity index (χ3v) is 5.33. The molecule has 1 saturated heterocycles. The summed E-state index contributed by atoms with van der Waals surface area (Å²) in [6, 6.07) is 7.22. The van der Waals surface area contributed by atoms with Crippen LogP contribution in [0, 0.1) is 6.92 Å². The number of carbonyl (C=O) groups excluding carboxylic acids is 4. The second kappa shape index (κ2) is 8.93. The van der Waals surface area contributed by atoms with E-state index in [0.717, 1.165) is 24.1 Å². The van der Waals surface area contributed by atoms with Crippen molar-refractivity contribution in [3.05, 3.63) is 29.8 Å². The second-order valence-electron chi connectivity index (χ2n) is 7.60. The first-order valence-electron chi connectivity index (χ1n) is 9.92. The molecule has 1 aliphatic carbocycles. The van der Waals surface area contributed by atoms with Crippen LogP contribution in [0.3, 0.4) is 0 Å². The zero-order valence-electron chi connectivity index (χ0n) is 16.5. The minimum absolute atomic E-state index is 0.0217. The van der Waals surface area contributed by atoms with E-state index in [4.69, 9.17) is 0 Å². The molecule has 9 heteroatoms. The predicted octanol–water partition coefficient (Wildman–Crippen LogP) is 1.20. The van der Waals surface area contributed by atoms with Crippen molar-refractivity contribution in [3.63, 3.8) is 0 Å². The van der Waals surface area contributed by atoms with Crippen LogP contribution >= 0.6 is 0 Å². The van der Waals surface area contributed by atoms with E-state index >= 15 is 0 Å². The molecule has 0 unspecified atom stereocenters. The van der Waals surface area contributed by atoms with Crippen LogP contribution in [0.4, 0.5) is 10.5 Å². The van der Waals surface area contributed by atoms with Gasteiger partial charge in [-0.25, -0.2) is 4.79 Å². The van der Waals surface area contributed by atoms with Gasteiger partial charge in [0.05, 0.1) is 6.54 Å². The number of amides is 5. The zero-order chi connectivity index (χ0) is 20.9. The lowest BCUT2D eigenvalue weighted by atomic mass is 9.98. The van der Waals surface area contributed by atoms with Gasteiger partial charge < -0.3 is 10.6 Å². The van der Waals surface area contributed by atoms with Gasteiger partial charge in [0.25, 0.3) is 11.8 Å². The molecule has 5 amide bonds. The van der Waals surface area contributed by atoms with Gasteiger partial charge in [0.15, 0.2) is 0 Å². The van der Waals surface area contributed by atoms with E-state index in [1.165, 1.54) is 4.90 Å². The van der Waals surface area contributed by atoms with Gasteiger partial charge in [-0.15, -0.1) is 0 Å². The van der Waals surface area contributed by atoms with Crippen molar-refractivity contribution in [3.8, 4) is 0 Å². The molecule has 1 aliphatic heterocycles. The van der Waals surface area contributed by atoms with Crippen molar-refractivity contribution in [2.24, 2.45) is 0 Å². The molecule has 2 fully saturated rings. The smallest absolute Gasteiger partial charge is 0.325 e. The molecule has 0 bridgehead atoms. The molecular formula is C20H27N5O4. The maximum atomic E-state index is 12.5. The highest BCUT2D eigenvalue weighted by atomic mass is 16.2. The van der Waals surface area contributed by atoms with Crippen molar-refractivity contribution in [2.45, 2.75) is 51.0 Å². The molecule has 1 heterocycles. The Bertz CT molecular complexity index is 787. The molecule has 1 saturated carbocycles. The van der Waals surface area contributed by atoms with Crippen LogP contribution in [0.15, 0.2) is 24.3 Å². The largest absolute Gasteiger partial charge is 0.376 e. The number of carbonyl (C=O) groups is 4. The van der Waals surface area contributed by atoms with E-state index in [-0.39, 0.29) is 43.3 Å². The van der Waals surface area contributed by atoms with Gasteiger partial charge >= 0.3 is 6.03 Å². The predicted molar refractivity (Wildman–Crippen MR) is 107 cm³/mol. The number of benzene rings is 1. The number of nitrogens with one attached hydrogen (secondary N) is 4. The van der Waals surface area contributed by atoms with Gasteiger partial charge in [0, 0.05) is 18.7 Å². The van der Waals surface area contributed by atoms with Crippen LogP contribution in [0.2, 0.25) is 0 Å². The Morgan fingerprint density at radius 3 is 2.41 bits per heavy atom. The van der Waals surface area contributed by atoms with E-state index in [1.54, 1.807) is 0 Å². The molecule has 4 N–H and O–H groups in total. The average Bonchev–Trinajstić information content (AvgIpc) is 3.26. The number of imide groups is 1. The summed E-state index contributed by atoms with van der Waals surface area (Å²) in [6.45, 7) is 2.18. The fourth-order valence-electron chi connectivity index (χ4n) is 3.69. The summed E-state index contributed by atoms with van der Waals surface area (Å²) >= 11 is 0. The van der Waals surface area contributed by atoms with Crippen LogP contribution in [0.5, 0.6) is 0 Å². The van der Waals surface area contributed by atoms with Crippen molar-refractivity contribution >= 4 is 29.4 Å². The van der Waals surface area contributed by atoms with E-state index in [9.17, 15) is 19.2 Å². The monoisotopic (exact) mass is 401 g/mol. The van der Waals surface area contributed by atoms with Gasteiger partial charge in [-0.3, -0.25) is 30.1 Å². The highest BCUT2D eigenvalue weighted by Crippen LogP contribution is 2.35. The molecule has 156 valence electrons. The number of nitrogens with zero attached hydrogens (tertiary/aromatic N) is 1. The summed E-state index contributed by atoms with van der Waals surface area (Å²) in [5.41, 5.74) is 5.89. The van der Waals surface area contributed by atoms with Crippen molar-refractivity contribution in [1.82, 2.24) is 21.1 Å². The first-order valence-corrected chi connectivity index (χ1v) is 9.92. The second-order valence-corrected chi connectivity index (χ2v) is 7.60. The minimum Gasteiger partial charge on any atom is -0.376 e. The van der Waals surface area contributed by atoms with E-state index in [1.807, 2.05) is 31.2 Å². The van der Waals surface area contributed by atoms with Crippen molar-refractivity contribution in [2.75, 3.05) is 18.4 Å². The fourth-order valence-corrected chi connectivity index (χ4v) is 3.69. The number of hydrogen-bond acceptors (Lipinski definition) is 5. The number of hydrogen-bond donors (Lipinski definition) is 4. The topological polar surface area (TPSA) is 120 Å². The molecule has 0 radical (unpaired) electrons. The summed E-state index contributed by atoms with van der Waals surface area (Å²) in [7, 11) is 0. The quantitative estimate of drug-likeness (QED) is 0.404.